The van der Waals surface area contributed by atoms with Crippen molar-refractivity contribution in [3.63, 3.8) is 0 Å². The van der Waals surface area contributed by atoms with Crippen molar-refractivity contribution >= 4 is 38.3 Å². The Labute approximate surface area is 168 Å². The molecule has 5 nitrogen and oxygen atoms in total. The molecule has 0 N–H and O–H groups in total. The molecule has 27 heavy (non-hydrogen) atoms. The lowest BCUT2D eigenvalue weighted by molar-refractivity contribution is 0.317. The SMILES string of the molecule is CCCOc1ccc(/C=c2\sc3nc(-c4ccc(Br)cc4)nn3c2=O)cc1. The molecule has 0 amide bonds. The highest BCUT2D eigenvalue weighted by Crippen LogP contribution is 2.19. The highest BCUT2D eigenvalue weighted by atomic mass is 79.9. The molecule has 4 rings (SSSR count). The van der Waals surface area contributed by atoms with Crippen molar-refractivity contribution in [2.75, 3.05) is 6.61 Å². The number of hydrogen-bond donors (Lipinski definition) is 0. The topological polar surface area (TPSA) is 56.5 Å². The van der Waals surface area contributed by atoms with Crippen molar-refractivity contribution in [1.82, 2.24) is 14.6 Å². The molecule has 136 valence electrons. The molecule has 0 spiro atoms. The second-order valence-electron chi connectivity index (χ2n) is 5.97. The molecule has 0 atom stereocenters. The second-order valence-corrected chi connectivity index (χ2v) is 7.89. The number of thiazole rings is 1. The summed E-state index contributed by atoms with van der Waals surface area (Å²) >= 11 is 4.74. The molecule has 0 saturated heterocycles. The summed E-state index contributed by atoms with van der Waals surface area (Å²) in [6.45, 7) is 2.77. The van der Waals surface area contributed by atoms with Crippen LogP contribution in [-0.2, 0) is 0 Å². The van der Waals surface area contributed by atoms with E-state index in [-0.39, 0.29) is 5.56 Å². The minimum absolute atomic E-state index is 0.155. The van der Waals surface area contributed by atoms with Gasteiger partial charge in [0.15, 0.2) is 5.82 Å². The van der Waals surface area contributed by atoms with E-state index in [1.807, 2.05) is 54.6 Å². The largest absolute Gasteiger partial charge is 0.494 e. The van der Waals surface area contributed by atoms with Crippen LogP contribution in [0.15, 0.2) is 57.8 Å². The predicted octanol–water partition coefficient (Wildman–Crippen LogP) is 3.92. The Morgan fingerprint density at radius 3 is 2.56 bits per heavy atom. The molecule has 2 heterocycles. The van der Waals surface area contributed by atoms with Crippen molar-refractivity contribution in [3.8, 4) is 17.1 Å². The Kier molecular flexibility index (Phi) is 5.05. The van der Waals surface area contributed by atoms with Crippen LogP contribution < -0.4 is 14.8 Å². The minimum Gasteiger partial charge on any atom is -0.494 e. The molecule has 0 radical (unpaired) electrons. The summed E-state index contributed by atoms with van der Waals surface area (Å²) < 4.78 is 8.54. The maximum atomic E-state index is 12.6. The molecule has 0 bridgehead atoms. The highest BCUT2D eigenvalue weighted by Gasteiger charge is 2.11. The van der Waals surface area contributed by atoms with Gasteiger partial charge >= 0.3 is 0 Å². The first-order valence-corrected chi connectivity index (χ1v) is 10.1. The number of hydrogen-bond acceptors (Lipinski definition) is 5. The van der Waals surface area contributed by atoms with E-state index in [0.717, 1.165) is 27.8 Å². The second kappa shape index (κ2) is 7.62. The Morgan fingerprint density at radius 1 is 1.15 bits per heavy atom. The fourth-order valence-corrected chi connectivity index (χ4v) is 3.76. The van der Waals surface area contributed by atoms with E-state index < -0.39 is 0 Å². The van der Waals surface area contributed by atoms with Crippen molar-refractivity contribution in [2.45, 2.75) is 13.3 Å². The third-order valence-electron chi connectivity index (χ3n) is 3.93. The van der Waals surface area contributed by atoms with Gasteiger partial charge in [-0.2, -0.15) is 9.50 Å². The lowest BCUT2D eigenvalue weighted by Crippen LogP contribution is -2.23. The molecule has 0 fully saturated rings. The molecule has 7 heteroatoms. The van der Waals surface area contributed by atoms with Gasteiger partial charge in [-0.25, -0.2) is 0 Å². The van der Waals surface area contributed by atoms with Crippen molar-refractivity contribution in [1.29, 1.82) is 0 Å². The summed E-state index contributed by atoms with van der Waals surface area (Å²) in [6, 6.07) is 15.4. The zero-order valence-electron chi connectivity index (χ0n) is 14.6. The first-order valence-electron chi connectivity index (χ1n) is 8.54. The van der Waals surface area contributed by atoms with Gasteiger partial charge in [0.1, 0.15) is 5.75 Å². The average molecular weight is 442 g/mol. The molecule has 0 aliphatic rings. The molecular weight excluding hydrogens is 426 g/mol. The smallest absolute Gasteiger partial charge is 0.291 e. The molecule has 0 unspecified atom stereocenters. The number of benzene rings is 2. The molecule has 2 aromatic carbocycles. The van der Waals surface area contributed by atoms with Crippen LogP contribution in [0.1, 0.15) is 18.9 Å². The predicted molar refractivity (Wildman–Crippen MR) is 111 cm³/mol. The molecule has 4 aromatic rings. The van der Waals surface area contributed by atoms with E-state index in [2.05, 4.69) is 32.9 Å². The van der Waals surface area contributed by atoms with Crippen LogP contribution in [0.3, 0.4) is 0 Å². The Morgan fingerprint density at radius 2 is 1.89 bits per heavy atom. The van der Waals surface area contributed by atoms with Gasteiger partial charge in [0.25, 0.3) is 5.56 Å². The zero-order valence-corrected chi connectivity index (χ0v) is 17.0. The molecular formula is C20H16BrN3O2S. The van der Waals surface area contributed by atoms with Crippen LogP contribution >= 0.6 is 27.3 Å². The van der Waals surface area contributed by atoms with Crippen LogP contribution in [0, 0.1) is 0 Å². The average Bonchev–Trinajstić information content (AvgIpc) is 3.22. The van der Waals surface area contributed by atoms with Gasteiger partial charge in [0, 0.05) is 10.0 Å². The number of halogens is 1. The maximum absolute atomic E-state index is 12.6. The number of fused-ring (bicyclic) bond motifs is 1. The van der Waals surface area contributed by atoms with Gasteiger partial charge in [-0.15, -0.1) is 5.10 Å². The molecule has 0 aliphatic heterocycles. The van der Waals surface area contributed by atoms with E-state index in [1.54, 1.807) is 0 Å². The van der Waals surface area contributed by atoms with E-state index >= 15 is 0 Å². The highest BCUT2D eigenvalue weighted by molar-refractivity contribution is 9.10. The summed E-state index contributed by atoms with van der Waals surface area (Å²) in [7, 11) is 0. The summed E-state index contributed by atoms with van der Waals surface area (Å²) in [4.78, 5) is 17.7. The van der Waals surface area contributed by atoms with E-state index in [0.29, 0.717) is 21.9 Å². The summed E-state index contributed by atoms with van der Waals surface area (Å²) in [6.07, 6.45) is 2.82. The van der Waals surface area contributed by atoms with Gasteiger partial charge < -0.3 is 4.74 Å². The molecule has 2 aromatic heterocycles. The fourth-order valence-electron chi connectivity index (χ4n) is 2.59. The van der Waals surface area contributed by atoms with E-state index in [9.17, 15) is 4.79 Å². The first-order chi connectivity index (χ1) is 13.1. The zero-order chi connectivity index (χ0) is 18.8. The lowest BCUT2D eigenvalue weighted by Gasteiger charge is -2.03. The number of rotatable bonds is 5. The van der Waals surface area contributed by atoms with Crippen LogP contribution in [0.5, 0.6) is 5.75 Å². The third-order valence-corrected chi connectivity index (χ3v) is 5.42. The van der Waals surface area contributed by atoms with Crippen molar-refractivity contribution in [2.24, 2.45) is 0 Å². The van der Waals surface area contributed by atoms with Crippen molar-refractivity contribution in [3.05, 3.63) is 73.5 Å². The number of nitrogens with zero attached hydrogens (tertiary/aromatic N) is 3. The molecule has 0 saturated carbocycles. The van der Waals surface area contributed by atoms with Gasteiger partial charge in [-0.3, -0.25) is 4.79 Å². The van der Waals surface area contributed by atoms with Gasteiger partial charge in [0.2, 0.25) is 4.96 Å². The summed E-state index contributed by atoms with van der Waals surface area (Å²) in [5, 5.41) is 4.37. The van der Waals surface area contributed by atoms with Gasteiger partial charge in [0.05, 0.1) is 11.1 Å². The van der Waals surface area contributed by atoms with Crippen LogP contribution in [0.2, 0.25) is 0 Å². The lowest BCUT2D eigenvalue weighted by atomic mass is 10.2. The van der Waals surface area contributed by atoms with E-state index in [1.165, 1.54) is 15.9 Å². The minimum atomic E-state index is -0.155. The summed E-state index contributed by atoms with van der Waals surface area (Å²) in [5.41, 5.74) is 1.66. The molecule has 0 aliphatic carbocycles. The van der Waals surface area contributed by atoms with E-state index in [4.69, 9.17) is 4.74 Å². The normalized spacial score (nSPS) is 12.0. The Balaban J connectivity index is 1.66. The summed E-state index contributed by atoms with van der Waals surface area (Å²) in [5.74, 6) is 1.38. The van der Waals surface area contributed by atoms with Crippen molar-refractivity contribution < 1.29 is 4.74 Å². The Bertz CT molecular complexity index is 1180. The number of aromatic nitrogens is 3. The van der Waals surface area contributed by atoms with Gasteiger partial charge in [-0.05, 0) is 42.3 Å². The third kappa shape index (κ3) is 3.79. The van der Waals surface area contributed by atoms with Gasteiger partial charge in [-0.1, -0.05) is 58.5 Å². The van der Waals surface area contributed by atoms with Crippen LogP contribution in [0.4, 0.5) is 0 Å². The standard InChI is InChI=1S/C20H16BrN3O2S/c1-2-11-26-16-9-3-13(4-10-16)12-17-19(25)24-20(27-17)22-18(23-24)14-5-7-15(21)8-6-14/h3-10,12H,2,11H2,1H3/b17-12-. The maximum Gasteiger partial charge on any atom is 0.291 e. The van der Waals surface area contributed by atoms with Crippen LogP contribution in [0.25, 0.3) is 22.4 Å². The van der Waals surface area contributed by atoms with Crippen LogP contribution in [-0.4, -0.2) is 21.2 Å². The first kappa shape index (κ1) is 17.9. The monoisotopic (exact) mass is 441 g/mol. The quantitative estimate of drug-likeness (QED) is 0.470. The number of ether oxygens (including phenoxy) is 1. The fraction of sp³-hybridized carbons (Fsp3) is 0.150. The Hall–Kier alpha value is -2.51.